The fraction of sp³-hybridized carbons (Fsp3) is 0.364. The van der Waals surface area contributed by atoms with Crippen LogP contribution in [0.1, 0.15) is 25.7 Å². The second-order valence-corrected chi connectivity index (χ2v) is 7.07. The third-order valence-electron chi connectivity index (χ3n) is 5.00. The number of anilines is 1. The van der Waals surface area contributed by atoms with Crippen molar-refractivity contribution >= 4 is 17.5 Å². The number of rotatable bonds is 7. The Morgan fingerprint density at radius 3 is 2.48 bits per heavy atom. The number of ether oxygens (including phenoxy) is 1. The monoisotopic (exact) mass is 400 g/mol. The summed E-state index contributed by atoms with van der Waals surface area (Å²) in [4.78, 5) is 26.5. The Labute approximate surface area is 169 Å². The third kappa shape index (κ3) is 5.94. The standard InChI is InChI=1S/C22H25FN2O4/c23-17-7-9-18(10-8-17)29-15-3-6-21(27)25-13-11-16(12-14-25)22(28)24-19-4-1-2-5-20(19)26/h1-2,4-5,7-10,16,26H,3,6,11-15H2,(H,24,28). The molecule has 0 radical (unpaired) electrons. The van der Waals surface area contributed by atoms with E-state index in [1.807, 2.05) is 0 Å². The van der Waals surface area contributed by atoms with Gasteiger partial charge in [-0.3, -0.25) is 9.59 Å². The molecule has 2 aromatic carbocycles. The molecule has 2 aromatic rings. The number of para-hydroxylation sites is 2. The van der Waals surface area contributed by atoms with Crippen molar-refractivity contribution in [2.75, 3.05) is 25.0 Å². The molecule has 0 bridgehead atoms. The molecule has 1 aliphatic rings. The zero-order valence-corrected chi connectivity index (χ0v) is 16.1. The molecule has 2 amide bonds. The summed E-state index contributed by atoms with van der Waals surface area (Å²) in [7, 11) is 0. The number of aromatic hydroxyl groups is 1. The van der Waals surface area contributed by atoms with Gasteiger partial charge >= 0.3 is 0 Å². The molecule has 1 saturated heterocycles. The number of piperidine rings is 1. The summed E-state index contributed by atoms with van der Waals surface area (Å²) in [5.74, 6) is 0.0376. The second kappa shape index (κ2) is 9.91. The van der Waals surface area contributed by atoms with E-state index in [0.29, 0.717) is 56.8 Å². The minimum absolute atomic E-state index is 0.0383. The van der Waals surface area contributed by atoms with Gasteiger partial charge in [0.05, 0.1) is 12.3 Å². The zero-order valence-electron chi connectivity index (χ0n) is 16.1. The lowest BCUT2D eigenvalue weighted by Crippen LogP contribution is -2.41. The maximum Gasteiger partial charge on any atom is 0.227 e. The normalized spacial score (nSPS) is 14.4. The van der Waals surface area contributed by atoms with E-state index in [9.17, 15) is 19.1 Å². The van der Waals surface area contributed by atoms with Gasteiger partial charge in [0.2, 0.25) is 11.8 Å². The first-order chi connectivity index (χ1) is 14.0. The molecule has 1 fully saturated rings. The number of carbonyl (C=O) groups is 2. The smallest absolute Gasteiger partial charge is 0.227 e. The molecule has 1 heterocycles. The fourth-order valence-corrected chi connectivity index (χ4v) is 3.31. The van der Waals surface area contributed by atoms with Crippen LogP contribution in [-0.4, -0.2) is 41.5 Å². The first-order valence-electron chi connectivity index (χ1n) is 9.78. The highest BCUT2D eigenvalue weighted by molar-refractivity contribution is 5.94. The predicted octanol–water partition coefficient (Wildman–Crippen LogP) is 3.57. The lowest BCUT2D eigenvalue weighted by Gasteiger charge is -2.31. The topological polar surface area (TPSA) is 78.9 Å². The number of hydrogen-bond donors (Lipinski definition) is 2. The van der Waals surface area contributed by atoms with Crippen LogP contribution in [0.4, 0.5) is 10.1 Å². The molecule has 0 saturated carbocycles. The third-order valence-corrected chi connectivity index (χ3v) is 5.00. The van der Waals surface area contributed by atoms with E-state index in [-0.39, 0.29) is 29.3 Å². The van der Waals surface area contributed by atoms with Gasteiger partial charge in [0, 0.05) is 25.4 Å². The fourth-order valence-electron chi connectivity index (χ4n) is 3.31. The average Bonchev–Trinajstić information content (AvgIpc) is 2.74. The van der Waals surface area contributed by atoms with Gasteiger partial charge in [-0.2, -0.15) is 0 Å². The number of phenols is 1. The predicted molar refractivity (Wildman–Crippen MR) is 107 cm³/mol. The number of halogens is 1. The SMILES string of the molecule is O=C(Nc1ccccc1O)C1CCN(C(=O)CCCOc2ccc(F)cc2)CC1. The van der Waals surface area contributed by atoms with Crippen LogP contribution in [-0.2, 0) is 9.59 Å². The Hall–Kier alpha value is -3.09. The van der Waals surface area contributed by atoms with Crippen molar-refractivity contribution in [3.63, 3.8) is 0 Å². The first-order valence-corrected chi connectivity index (χ1v) is 9.78. The summed E-state index contributed by atoms with van der Waals surface area (Å²) in [5, 5.41) is 12.5. The molecular formula is C22H25FN2O4. The van der Waals surface area contributed by atoms with E-state index < -0.39 is 0 Å². The molecular weight excluding hydrogens is 375 g/mol. The number of phenolic OH excluding ortho intramolecular Hbond substituents is 1. The summed E-state index contributed by atoms with van der Waals surface area (Å²) < 4.78 is 18.4. The molecule has 3 rings (SSSR count). The van der Waals surface area contributed by atoms with Crippen LogP contribution < -0.4 is 10.1 Å². The quantitative estimate of drug-likeness (QED) is 0.550. The zero-order chi connectivity index (χ0) is 20.6. The molecule has 2 N–H and O–H groups in total. The Balaban J connectivity index is 1.36. The number of nitrogens with one attached hydrogen (secondary N) is 1. The van der Waals surface area contributed by atoms with Gasteiger partial charge in [0.1, 0.15) is 17.3 Å². The van der Waals surface area contributed by atoms with Gasteiger partial charge in [-0.15, -0.1) is 0 Å². The molecule has 29 heavy (non-hydrogen) atoms. The molecule has 154 valence electrons. The highest BCUT2D eigenvalue weighted by Crippen LogP contribution is 2.25. The summed E-state index contributed by atoms with van der Waals surface area (Å²) in [6.45, 7) is 1.46. The summed E-state index contributed by atoms with van der Waals surface area (Å²) in [5.41, 5.74) is 0.400. The molecule has 6 nitrogen and oxygen atoms in total. The van der Waals surface area contributed by atoms with Gasteiger partial charge < -0.3 is 20.1 Å². The van der Waals surface area contributed by atoms with Crippen molar-refractivity contribution in [1.29, 1.82) is 0 Å². The van der Waals surface area contributed by atoms with Crippen LogP contribution in [0, 0.1) is 11.7 Å². The van der Waals surface area contributed by atoms with Crippen molar-refractivity contribution in [2.24, 2.45) is 5.92 Å². The van der Waals surface area contributed by atoms with Gasteiger partial charge in [0.25, 0.3) is 0 Å². The number of benzene rings is 2. The Morgan fingerprint density at radius 2 is 1.79 bits per heavy atom. The number of nitrogens with zero attached hydrogens (tertiary/aromatic N) is 1. The largest absolute Gasteiger partial charge is 0.506 e. The minimum Gasteiger partial charge on any atom is -0.506 e. The highest BCUT2D eigenvalue weighted by atomic mass is 19.1. The van der Waals surface area contributed by atoms with Gasteiger partial charge in [0.15, 0.2) is 0 Å². The van der Waals surface area contributed by atoms with Gasteiger partial charge in [-0.1, -0.05) is 12.1 Å². The first kappa shape index (κ1) is 20.6. The maximum absolute atomic E-state index is 12.8. The number of hydrogen-bond acceptors (Lipinski definition) is 4. The lowest BCUT2D eigenvalue weighted by atomic mass is 9.95. The molecule has 0 aromatic heterocycles. The molecule has 0 aliphatic carbocycles. The molecule has 0 spiro atoms. The summed E-state index contributed by atoms with van der Waals surface area (Å²) in [6, 6.07) is 12.4. The molecule has 0 unspecified atom stereocenters. The van der Waals surface area contributed by atoms with Crippen molar-refractivity contribution in [2.45, 2.75) is 25.7 Å². The Bertz CT molecular complexity index is 833. The van der Waals surface area contributed by atoms with Crippen molar-refractivity contribution in [1.82, 2.24) is 4.90 Å². The van der Waals surface area contributed by atoms with E-state index in [1.165, 1.54) is 18.2 Å². The summed E-state index contributed by atoms with van der Waals surface area (Å²) in [6.07, 6.45) is 2.13. The Morgan fingerprint density at radius 1 is 1.10 bits per heavy atom. The van der Waals surface area contributed by atoms with Gasteiger partial charge in [-0.25, -0.2) is 4.39 Å². The van der Waals surface area contributed by atoms with E-state index >= 15 is 0 Å². The summed E-state index contributed by atoms with van der Waals surface area (Å²) >= 11 is 0. The van der Waals surface area contributed by atoms with Crippen LogP contribution in [0.25, 0.3) is 0 Å². The van der Waals surface area contributed by atoms with E-state index in [1.54, 1.807) is 35.2 Å². The van der Waals surface area contributed by atoms with Crippen molar-refractivity contribution in [3.05, 3.63) is 54.3 Å². The second-order valence-electron chi connectivity index (χ2n) is 7.07. The van der Waals surface area contributed by atoms with Crippen LogP contribution in [0.15, 0.2) is 48.5 Å². The van der Waals surface area contributed by atoms with Gasteiger partial charge in [-0.05, 0) is 55.7 Å². The van der Waals surface area contributed by atoms with Crippen LogP contribution in [0.5, 0.6) is 11.5 Å². The van der Waals surface area contributed by atoms with E-state index in [4.69, 9.17) is 4.74 Å². The van der Waals surface area contributed by atoms with E-state index in [0.717, 1.165) is 0 Å². The van der Waals surface area contributed by atoms with Crippen LogP contribution >= 0.6 is 0 Å². The van der Waals surface area contributed by atoms with Crippen LogP contribution in [0.3, 0.4) is 0 Å². The van der Waals surface area contributed by atoms with Crippen LogP contribution in [0.2, 0.25) is 0 Å². The molecule has 7 heteroatoms. The number of amides is 2. The molecule has 0 atom stereocenters. The lowest BCUT2D eigenvalue weighted by molar-refractivity contribution is -0.134. The Kier molecular flexibility index (Phi) is 7.05. The average molecular weight is 400 g/mol. The number of carbonyl (C=O) groups excluding carboxylic acids is 2. The molecule has 1 aliphatic heterocycles. The van der Waals surface area contributed by atoms with Crippen molar-refractivity contribution in [3.8, 4) is 11.5 Å². The minimum atomic E-state index is -0.315. The van der Waals surface area contributed by atoms with E-state index in [2.05, 4.69) is 5.32 Å². The maximum atomic E-state index is 12.8. The van der Waals surface area contributed by atoms with Crippen molar-refractivity contribution < 1.29 is 23.8 Å². The highest BCUT2D eigenvalue weighted by Gasteiger charge is 2.27. The number of likely N-dealkylation sites (tertiary alicyclic amines) is 1.